The number of ether oxygens (including phenoxy) is 1. The van der Waals surface area contributed by atoms with Gasteiger partial charge in [0.15, 0.2) is 0 Å². The van der Waals surface area contributed by atoms with Crippen molar-refractivity contribution in [3.63, 3.8) is 0 Å². The number of aryl methyl sites for hydroxylation is 1. The molecule has 1 N–H and O–H groups in total. The monoisotopic (exact) mass is 314 g/mol. The summed E-state index contributed by atoms with van der Waals surface area (Å²) in [5.74, 6) is 0. The third-order valence-electron chi connectivity index (χ3n) is 3.66. The summed E-state index contributed by atoms with van der Waals surface area (Å²) in [5, 5.41) is 4.14. The number of halogens is 1. The fourth-order valence-electron chi connectivity index (χ4n) is 2.62. The number of rotatable bonds is 4. The highest BCUT2D eigenvalue weighted by Gasteiger charge is 2.17. The van der Waals surface area contributed by atoms with Crippen molar-refractivity contribution in [2.45, 2.75) is 19.4 Å². The Balaban J connectivity index is 1.85. The maximum Gasteiger partial charge on any atom is 0.285 e. The van der Waals surface area contributed by atoms with E-state index >= 15 is 0 Å². The van der Waals surface area contributed by atoms with E-state index < -0.39 is 0 Å². The van der Waals surface area contributed by atoms with Crippen LogP contribution in [0.5, 0.6) is 0 Å². The van der Waals surface area contributed by atoms with Gasteiger partial charge in [-0.3, -0.25) is 0 Å². The molecule has 2 aromatic rings. The van der Waals surface area contributed by atoms with Gasteiger partial charge >= 0.3 is 0 Å². The molecule has 0 aromatic heterocycles. The molecule has 1 unspecified atom stereocenters. The highest BCUT2D eigenvalue weighted by molar-refractivity contribution is 6.30. The maximum absolute atomic E-state index is 6.14. The first-order chi connectivity index (χ1) is 10.7. The average molecular weight is 315 g/mol. The summed E-state index contributed by atoms with van der Waals surface area (Å²) < 4.78 is 5.50. The van der Waals surface area contributed by atoms with Crippen LogP contribution in [0.4, 0.5) is 0 Å². The van der Waals surface area contributed by atoms with E-state index in [-0.39, 0.29) is 6.04 Å². The van der Waals surface area contributed by atoms with E-state index in [0.717, 1.165) is 23.6 Å². The molecule has 114 valence electrons. The Morgan fingerprint density at radius 3 is 2.82 bits per heavy atom. The van der Waals surface area contributed by atoms with E-state index in [1.165, 1.54) is 11.1 Å². The molecule has 22 heavy (non-hydrogen) atoms. The lowest BCUT2D eigenvalue weighted by Gasteiger charge is -2.20. The second-order valence-electron chi connectivity index (χ2n) is 5.48. The van der Waals surface area contributed by atoms with Gasteiger partial charge in [-0.25, -0.2) is 4.99 Å². The molecule has 0 aliphatic carbocycles. The SMILES string of the molecule is Cc1cccc(CC(NC2=NCCO2)c2cccc(Cl)c2)c1. The summed E-state index contributed by atoms with van der Waals surface area (Å²) in [7, 11) is 0. The highest BCUT2D eigenvalue weighted by atomic mass is 35.5. The van der Waals surface area contributed by atoms with Crippen LogP contribution in [0.15, 0.2) is 53.5 Å². The summed E-state index contributed by atoms with van der Waals surface area (Å²) in [5.41, 5.74) is 3.67. The van der Waals surface area contributed by atoms with Gasteiger partial charge in [-0.1, -0.05) is 53.6 Å². The predicted octanol–water partition coefficient (Wildman–Crippen LogP) is 3.91. The number of hydrogen-bond donors (Lipinski definition) is 1. The highest BCUT2D eigenvalue weighted by Crippen LogP contribution is 2.22. The second kappa shape index (κ2) is 6.84. The van der Waals surface area contributed by atoms with Crippen LogP contribution in [0.3, 0.4) is 0 Å². The van der Waals surface area contributed by atoms with Crippen LogP contribution in [0.2, 0.25) is 5.02 Å². The summed E-state index contributed by atoms with van der Waals surface area (Å²) in [4.78, 5) is 4.33. The van der Waals surface area contributed by atoms with Gasteiger partial charge in [0.1, 0.15) is 6.61 Å². The second-order valence-corrected chi connectivity index (χ2v) is 5.92. The zero-order valence-corrected chi connectivity index (χ0v) is 13.3. The molecule has 3 rings (SSSR count). The summed E-state index contributed by atoms with van der Waals surface area (Å²) in [6, 6.07) is 17.2. The standard InChI is InChI=1S/C18H19ClN2O/c1-13-4-2-5-14(10-13)11-17(21-18-20-8-9-22-18)15-6-3-7-16(19)12-15/h2-7,10,12,17H,8-9,11H2,1H3,(H,20,21). The lowest BCUT2D eigenvalue weighted by atomic mass is 9.98. The summed E-state index contributed by atoms with van der Waals surface area (Å²) in [6.07, 6.45) is 0.852. The minimum absolute atomic E-state index is 0.0809. The predicted molar refractivity (Wildman–Crippen MR) is 90.5 cm³/mol. The number of amidine groups is 1. The Morgan fingerprint density at radius 1 is 1.23 bits per heavy atom. The smallest absolute Gasteiger partial charge is 0.285 e. The lowest BCUT2D eigenvalue weighted by Crippen LogP contribution is -2.30. The number of hydrogen-bond acceptors (Lipinski definition) is 3. The molecule has 0 bridgehead atoms. The molecule has 1 aliphatic rings. The summed E-state index contributed by atoms with van der Waals surface area (Å²) >= 11 is 6.14. The van der Waals surface area contributed by atoms with Gasteiger partial charge in [-0.05, 0) is 36.6 Å². The summed E-state index contributed by atoms with van der Waals surface area (Å²) in [6.45, 7) is 3.47. The minimum Gasteiger partial charge on any atom is -0.463 e. The molecular formula is C18H19ClN2O. The molecule has 0 fully saturated rings. The van der Waals surface area contributed by atoms with Crippen LogP contribution in [0.25, 0.3) is 0 Å². The molecule has 0 saturated heterocycles. The first-order valence-electron chi connectivity index (χ1n) is 7.45. The normalized spacial score (nSPS) is 15.1. The number of benzene rings is 2. The van der Waals surface area contributed by atoms with Crippen LogP contribution in [0, 0.1) is 6.92 Å². The molecule has 3 nitrogen and oxygen atoms in total. The molecule has 0 amide bonds. The Hall–Kier alpha value is -2.00. The van der Waals surface area contributed by atoms with Crippen LogP contribution < -0.4 is 5.32 Å². The van der Waals surface area contributed by atoms with Crippen molar-refractivity contribution in [1.29, 1.82) is 0 Å². The van der Waals surface area contributed by atoms with Gasteiger partial charge in [0.05, 0.1) is 12.6 Å². The molecule has 0 saturated carbocycles. The van der Waals surface area contributed by atoms with Crippen LogP contribution in [0.1, 0.15) is 22.7 Å². The zero-order chi connectivity index (χ0) is 15.4. The molecular weight excluding hydrogens is 296 g/mol. The van der Waals surface area contributed by atoms with E-state index in [1.807, 2.05) is 18.2 Å². The fourth-order valence-corrected chi connectivity index (χ4v) is 2.82. The Bertz CT molecular complexity index is 684. The average Bonchev–Trinajstić information content (AvgIpc) is 3.00. The molecule has 1 heterocycles. The molecule has 4 heteroatoms. The quantitative estimate of drug-likeness (QED) is 0.928. The largest absolute Gasteiger partial charge is 0.463 e. The van der Waals surface area contributed by atoms with Crippen LogP contribution in [-0.4, -0.2) is 19.2 Å². The molecule has 1 aliphatic heterocycles. The van der Waals surface area contributed by atoms with Crippen molar-refractivity contribution in [2.24, 2.45) is 4.99 Å². The maximum atomic E-state index is 6.14. The van der Waals surface area contributed by atoms with Crippen LogP contribution in [-0.2, 0) is 11.2 Å². The van der Waals surface area contributed by atoms with Crippen molar-refractivity contribution in [3.8, 4) is 0 Å². The molecule has 2 aromatic carbocycles. The van der Waals surface area contributed by atoms with Gasteiger partial charge in [-0.15, -0.1) is 0 Å². The van der Waals surface area contributed by atoms with E-state index in [0.29, 0.717) is 12.6 Å². The van der Waals surface area contributed by atoms with Crippen molar-refractivity contribution in [2.75, 3.05) is 13.2 Å². The topological polar surface area (TPSA) is 33.6 Å². The first kappa shape index (κ1) is 14.9. The number of nitrogens with zero attached hydrogens (tertiary/aromatic N) is 1. The first-order valence-corrected chi connectivity index (χ1v) is 7.83. The van der Waals surface area contributed by atoms with Gasteiger partial charge < -0.3 is 10.1 Å². The molecule has 0 radical (unpaired) electrons. The lowest BCUT2D eigenvalue weighted by molar-refractivity contribution is 0.325. The number of aliphatic imine (C=N–C) groups is 1. The van der Waals surface area contributed by atoms with Gasteiger partial charge in [-0.2, -0.15) is 0 Å². The minimum atomic E-state index is 0.0809. The van der Waals surface area contributed by atoms with E-state index in [4.69, 9.17) is 16.3 Å². The third kappa shape index (κ3) is 3.80. The van der Waals surface area contributed by atoms with E-state index in [2.05, 4.69) is 47.6 Å². The van der Waals surface area contributed by atoms with E-state index in [1.54, 1.807) is 0 Å². The van der Waals surface area contributed by atoms with Crippen molar-refractivity contribution >= 4 is 17.6 Å². The Labute approximate surface area is 136 Å². The van der Waals surface area contributed by atoms with Crippen LogP contribution >= 0.6 is 11.6 Å². The van der Waals surface area contributed by atoms with Crippen molar-refractivity contribution < 1.29 is 4.74 Å². The van der Waals surface area contributed by atoms with Gasteiger partial charge in [0, 0.05) is 5.02 Å². The Morgan fingerprint density at radius 2 is 2.09 bits per heavy atom. The zero-order valence-electron chi connectivity index (χ0n) is 12.6. The van der Waals surface area contributed by atoms with Gasteiger partial charge in [0.2, 0.25) is 0 Å². The fraction of sp³-hybridized carbons (Fsp3) is 0.278. The third-order valence-corrected chi connectivity index (χ3v) is 3.89. The molecule has 1 atom stereocenters. The van der Waals surface area contributed by atoms with Gasteiger partial charge in [0.25, 0.3) is 6.02 Å². The Kier molecular flexibility index (Phi) is 4.64. The number of nitrogens with one attached hydrogen (secondary N) is 1. The molecule has 0 spiro atoms. The van der Waals surface area contributed by atoms with Crippen molar-refractivity contribution in [1.82, 2.24) is 5.32 Å². The van der Waals surface area contributed by atoms with E-state index in [9.17, 15) is 0 Å². The van der Waals surface area contributed by atoms with Crippen molar-refractivity contribution in [3.05, 3.63) is 70.2 Å².